The predicted octanol–water partition coefficient (Wildman–Crippen LogP) is 6.66. The van der Waals surface area contributed by atoms with E-state index < -0.39 is 6.09 Å². The van der Waals surface area contributed by atoms with E-state index in [-0.39, 0.29) is 5.82 Å². The van der Waals surface area contributed by atoms with Gasteiger partial charge in [-0.25, -0.2) is 9.18 Å². The topological polar surface area (TPSA) is 52.9 Å². The first-order valence-electron chi connectivity index (χ1n) is 12.0. The zero-order valence-electron chi connectivity index (χ0n) is 21.3. The van der Waals surface area contributed by atoms with E-state index >= 15 is 0 Å². The third kappa shape index (κ3) is 4.87. The lowest BCUT2D eigenvalue weighted by atomic mass is 10.00. The summed E-state index contributed by atoms with van der Waals surface area (Å²) in [4.78, 5) is 14.5. The number of carbonyl (C=O) groups is 1. The van der Waals surface area contributed by atoms with Crippen molar-refractivity contribution in [2.24, 2.45) is 0 Å². The van der Waals surface area contributed by atoms with Crippen molar-refractivity contribution in [2.75, 3.05) is 27.3 Å². The SMILES string of the molecule is CCN(CC)C(=O)Oc1ccc2c(ccn2Cc2ccc(F)c(C)c2)c1-c1ccc(OC)c(OC)c1. The molecule has 0 aliphatic heterocycles. The van der Waals surface area contributed by atoms with Gasteiger partial charge in [-0.3, -0.25) is 0 Å². The summed E-state index contributed by atoms with van der Waals surface area (Å²) in [6, 6.07) is 16.6. The van der Waals surface area contributed by atoms with E-state index in [1.165, 1.54) is 6.07 Å². The Morgan fingerprint density at radius 2 is 1.64 bits per heavy atom. The second-order valence-electron chi connectivity index (χ2n) is 8.51. The molecular formula is C29H31FN2O4. The molecule has 188 valence electrons. The van der Waals surface area contributed by atoms with Crippen molar-refractivity contribution < 1.29 is 23.4 Å². The summed E-state index contributed by atoms with van der Waals surface area (Å²) < 4.78 is 32.7. The van der Waals surface area contributed by atoms with Crippen LogP contribution in [0.4, 0.5) is 9.18 Å². The number of fused-ring (bicyclic) bond motifs is 1. The van der Waals surface area contributed by atoms with Crippen LogP contribution in [0.25, 0.3) is 22.0 Å². The first-order chi connectivity index (χ1) is 17.4. The molecule has 36 heavy (non-hydrogen) atoms. The quantitative estimate of drug-likeness (QED) is 0.277. The number of ether oxygens (including phenoxy) is 3. The number of rotatable bonds is 8. The summed E-state index contributed by atoms with van der Waals surface area (Å²) in [5.74, 6) is 1.43. The lowest BCUT2D eigenvalue weighted by Crippen LogP contribution is -2.33. The Bertz CT molecular complexity index is 1390. The van der Waals surface area contributed by atoms with Crippen LogP contribution < -0.4 is 14.2 Å². The fourth-order valence-corrected chi connectivity index (χ4v) is 4.41. The molecule has 1 amide bonds. The Morgan fingerprint density at radius 1 is 0.917 bits per heavy atom. The smallest absolute Gasteiger partial charge is 0.415 e. The highest BCUT2D eigenvalue weighted by Crippen LogP contribution is 2.41. The lowest BCUT2D eigenvalue weighted by molar-refractivity contribution is 0.157. The number of hydrogen-bond donors (Lipinski definition) is 0. The molecule has 4 rings (SSSR count). The molecule has 7 heteroatoms. The molecule has 4 aromatic rings. The Labute approximate surface area is 210 Å². The molecule has 0 saturated carbocycles. The normalized spacial score (nSPS) is 10.9. The molecule has 1 aromatic heterocycles. The first kappa shape index (κ1) is 25.1. The number of amides is 1. The number of hydrogen-bond acceptors (Lipinski definition) is 4. The van der Waals surface area contributed by atoms with Crippen molar-refractivity contribution in [1.82, 2.24) is 9.47 Å². The number of benzene rings is 3. The van der Waals surface area contributed by atoms with E-state index in [0.29, 0.717) is 42.4 Å². The van der Waals surface area contributed by atoms with Gasteiger partial charge in [0.15, 0.2) is 11.5 Å². The maximum atomic E-state index is 13.8. The second kappa shape index (κ2) is 10.7. The molecule has 0 spiro atoms. The zero-order chi connectivity index (χ0) is 25.8. The number of aromatic nitrogens is 1. The van der Waals surface area contributed by atoms with E-state index in [4.69, 9.17) is 14.2 Å². The Balaban J connectivity index is 1.84. The Kier molecular flexibility index (Phi) is 7.48. The molecule has 0 saturated heterocycles. The van der Waals surface area contributed by atoms with Gasteiger partial charge in [-0.05, 0) is 73.9 Å². The average Bonchev–Trinajstić information content (AvgIpc) is 3.29. The van der Waals surface area contributed by atoms with Gasteiger partial charge < -0.3 is 23.7 Å². The molecule has 0 unspecified atom stereocenters. The van der Waals surface area contributed by atoms with Crippen LogP contribution in [0.2, 0.25) is 0 Å². The monoisotopic (exact) mass is 490 g/mol. The highest BCUT2D eigenvalue weighted by atomic mass is 19.1. The van der Waals surface area contributed by atoms with Crippen LogP contribution in [0.1, 0.15) is 25.0 Å². The minimum atomic E-state index is -0.401. The molecule has 6 nitrogen and oxygen atoms in total. The van der Waals surface area contributed by atoms with Gasteiger partial charge in [-0.1, -0.05) is 18.2 Å². The van der Waals surface area contributed by atoms with Crippen molar-refractivity contribution in [1.29, 1.82) is 0 Å². The van der Waals surface area contributed by atoms with Crippen LogP contribution in [0, 0.1) is 12.7 Å². The molecule has 1 heterocycles. The summed E-state index contributed by atoms with van der Waals surface area (Å²) in [5.41, 5.74) is 4.18. The third-order valence-corrected chi connectivity index (χ3v) is 6.38. The van der Waals surface area contributed by atoms with Crippen molar-refractivity contribution in [3.05, 3.63) is 77.7 Å². The Hall–Kier alpha value is -4.00. The van der Waals surface area contributed by atoms with Gasteiger partial charge >= 0.3 is 6.09 Å². The lowest BCUT2D eigenvalue weighted by Gasteiger charge is -2.20. The van der Waals surface area contributed by atoms with Crippen LogP contribution in [-0.2, 0) is 6.54 Å². The van der Waals surface area contributed by atoms with Gasteiger partial charge in [0.2, 0.25) is 0 Å². The minimum Gasteiger partial charge on any atom is -0.493 e. The third-order valence-electron chi connectivity index (χ3n) is 6.38. The van der Waals surface area contributed by atoms with Gasteiger partial charge in [-0.2, -0.15) is 0 Å². The maximum absolute atomic E-state index is 13.8. The van der Waals surface area contributed by atoms with Crippen LogP contribution in [0.5, 0.6) is 17.2 Å². The van der Waals surface area contributed by atoms with Crippen molar-refractivity contribution >= 4 is 17.0 Å². The highest BCUT2D eigenvalue weighted by Gasteiger charge is 2.20. The first-order valence-corrected chi connectivity index (χ1v) is 12.0. The molecule has 0 bridgehead atoms. The number of carbonyl (C=O) groups excluding carboxylic acids is 1. The highest BCUT2D eigenvalue weighted by molar-refractivity contribution is 6.00. The van der Waals surface area contributed by atoms with Gasteiger partial charge in [0.25, 0.3) is 0 Å². The van der Waals surface area contributed by atoms with E-state index in [1.54, 1.807) is 32.1 Å². The van der Waals surface area contributed by atoms with Crippen molar-refractivity contribution in [2.45, 2.75) is 27.3 Å². The predicted molar refractivity (Wildman–Crippen MR) is 140 cm³/mol. The standard InChI is InChI=1S/C29H31FN2O4/c1-6-31(7-2)29(33)36-26-13-11-24-22(28(26)21-9-12-25(34-4)27(17-21)35-5)14-15-32(24)18-20-8-10-23(30)19(3)16-20/h8-17H,6-7,18H2,1-5H3. The summed E-state index contributed by atoms with van der Waals surface area (Å²) in [6.07, 6.45) is 1.59. The van der Waals surface area contributed by atoms with Crippen LogP contribution in [0.3, 0.4) is 0 Å². The second-order valence-corrected chi connectivity index (χ2v) is 8.51. The van der Waals surface area contributed by atoms with Crippen LogP contribution in [-0.4, -0.2) is 42.9 Å². The summed E-state index contributed by atoms with van der Waals surface area (Å²) in [6.45, 7) is 7.28. The number of halogens is 1. The molecule has 3 aromatic carbocycles. The summed E-state index contributed by atoms with van der Waals surface area (Å²) in [5, 5.41) is 0.922. The fraction of sp³-hybridized carbons (Fsp3) is 0.276. The van der Waals surface area contributed by atoms with Crippen LogP contribution >= 0.6 is 0 Å². The minimum absolute atomic E-state index is 0.216. The molecular weight excluding hydrogens is 459 g/mol. The zero-order valence-corrected chi connectivity index (χ0v) is 21.3. The number of methoxy groups -OCH3 is 2. The Morgan fingerprint density at radius 3 is 2.31 bits per heavy atom. The summed E-state index contributed by atoms with van der Waals surface area (Å²) >= 11 is 0. The molecule has 0 fully saturated rings. The number of aryl methyl sites for hydroxylation is 1. The van der Waals surface area contributed by atoms with Gasteiger partial charge in [-0.15, -0.1) is 0 Å². The molecule has 0 atom stereocenters. The maximum Gasteiger partial charge on any atom is 0.415 e. The largest absolute Gasteiger partial charge is 0.493 e. The van der Waals surface area contributed by atoms with Gasteiger partial charge in [0.05, 0.1) is 14.2 Å². The van der Waals surface area contributed by atoms with Gasteiger partial charge in [0.1, 0.15) is 11.6 Å². The number of nitrogens with zero attached hydrogens (tertiary/aromatic N) is 2. The average molecular weight is 491 g/mol. The van der Waals surface area contributed by atoms with Crippen molar-refractivity contribution in [3.8, 4) is 28.4 Å². The molecule has 0 aliphatic rings. The van der Waals surface area contributed by atoms with E-state index in [0.717, 1.165) is 27.6 Å². The summed E-state index contributed by atoms with van der Waals surface area (Å²) in [7, 11) is 3.18. The van der Waals surface area contributed by atoms with E-state index in [1.807, 2.05) is 62.5 Å². The molecule has 0 N–H and O–H groups in total. The molecule has 0 radical (unpaired) electrons. The van der Waals surface area contributed by atoms with E-state index in [9.17, 15) is 9.18 Å². The van der Waals surface area contributed by atoms with E-state index in [2.05, 4.69) is 4.57 Å². The fourth-order valence-electron chi connectivity index (χ4n) is 4.41. The van der Waals surface area contributed by atoms with Crippen molar-refractivity contribution in [3.63, 3.8) is 0 Å². The van der Waals surface area contributed by atoms with Gasteiger partial charge in [0, 0.05) is 42.3 Å². The van der Waals surface area contributed by atoms with Crippen LogP contribution in [0.15, 0.2) is 60.8 Å². The molecule has 0 aliphatic carbocycles.